The molecular weight excluding hydrogens is 564 g/mol. The summed E-state index contributed by atoms with van der Waals surface area (Å²) in [7, 11) is 0. The van der Waals surface area contributed by atoms with Crippen LogP contribution in [0.2, 0.25) is 0 Å². The lowest BCUT2D eigenvalue weighted by molar-refractivity contribution is 0.110. The first-order valence-electron chi connectivity index (χ1n) is 16.8. The summed E-state index contributed by atoms with van der Waals surface area (Å²) < 4.78 is 0. The van der Waals surface area contributed by atoms with E-state index in [0.717, 1.165) is 51.9 Å². The highest BCUT2D eigenvalue weighted by atomic mass is 16.3. The van der Waals surface area contributed by atoms with Crippen molar-refractivity contribution in [1.82, 2.24) is 9.80 Å². The van der Waals surface area contributed by atoms with Crippen molar-refractivity contribution in [2.24, 2.45) is 0 Å². The highest BCUT2D eigenvalue weighted by molar-refractivity contribution is 4.98. The summed E-state index contributed by atoms with van der Waals surface area (Å²) in [5.74, 6) is 11.5. The topological polar surface area (TPSA) is 108 Å². The second kappa shape index (κ2) is 32.9. The predicted molar refractivity (Wildman–Crippen MR) is 187 cm³/mol. The van der Waals surface area contributed by atoms with Crippen LogP contribution >= 0.6 is 0 Å². The molecule has 0 aromatic rings. The Morgan fingerprint density at radius 1 is 0.400 bits per heavy atom. The second-order valence-corrected chi connectivity index (χ2v) is 11.6. The number of terminal acetylenes is 5. The van der Waals surface area contributed by atoms with E-state index in [1.54, 1.807) is 0 Å². The molecule has 0 bridgehead atoms. The Balaban J connectivity index is 0. The van der Waals surface area contributed by atoms with Gasteiger partial charge < -0.3 is 30.4 Å². The maximum absolute atomic E-state index is 9.56. The summed E-state index contributed by atoms with van der Waals surface area (Å²) in [4.78, 5) is 4.18. The van der Waals surface area contributed by atoms with Gasteiger partial charge in [-0.1, -0.05) is 94.3 Å². The molecule has 0 saturated carbocycles. The van der Waals surface area contributed by atoms with E-state index in [1.165, 1.54) is 57.8 Å². The van der Waals surface area contributed by atoms with Crippen LogP contribution in [0.25, 0.3) is 0 Å². The molecule has 0 aromatic heterocycles. The van der Waals surface area contributed by atoms with Crippen molar-refractivity contribution >= 4 is 0 Å². The third-order valence-electron chi connectivity index (χ3n) is 7.51. The van der Waals surface area contributed by atoms with Crippen molar-refractivity contribution in [2.75, 3.05) is 39.3 Å². The summed E-state index contributed by atoms with van der Waals surface area (Å²) in [6, 6.07) is 0. The lowest BCUT2D eigenvalue weighted by atomic mass is 10.1. The molecule has 0 saturated heterocycles. The van der Waals surface area contributed by atoms with Crippen molar-refractivity contribution in [3.05, 3.63) is 0 Å². The first-order valence-corrected chi connectivity index (χ1v) is 16.8. The summed E-state index contributed by atoms with van der Waals surface area (Å²) in [6.07, 6.45) is 39.1. The molecule has 0 aliphatic rings. The average Bonchev–Trinajstić information content (AvgIpc) is 3.04. The number of aliphatic hydroxyl groups excluding tert-OH is 5. The summed E-state index contributed by atoms with van der Waals surface area (Å²) in [5.41, 5.74) is 0. The second-order valence-electron chi connectivity index (χ2n) is 11.6. The van der Waals surface area contributed by atoms with Crippen LogP contribution in [-0.4, -0.2) is 105 Å². The first-order chi connectivity index (χ1) is 21.7. The maximum Gasteiger partial charge on any atom is 0.127 e. The molecular formula is C38H62N2O5. The summed E-state index contributed by atoms with van der Waals surface area (Å²) >= 11 is 0. The van der Waals surface area contributed by atoms with E-state index < -0.39 is 30.5 Å². The molecule has 254 valence electrons. The molecule has 0 rings (SSSR count). The smallest absolute Gasteiger partial charge is 0.127 e. The van der Waals surface area contributed by atoms with E-state index in [9.17, 15) is 25.5 Å². The van der Waals surface area contributed by atoms with Crippen LogP contribution in [0.1, 0.15) is 110 Å². The van der Waals surface area contributed by atoms with Gasteiger partial charge in [-0.05, 0) is 71.1 Å². The third kappa shape index (κ3) is 31.3. The lowest BCUT2D eigenvalue weighted by Gasteiger charge is -2.24. The molecule has 5 unspecified atom stereocenters. The van der Waals surface area contributed by atoms with E-state index in [1.807, 2.05) is 4.90 Å². The largest absolute Gasteiger partial charge is 0.380 e. The zero-order valence-corrected chi connectivity index (χ0v) is 28.0. The van der Waals surface area contributed by atoms with Gasteiger partial charge in [-0.2, -0.15) is 0 Å². The van der Waals surface area contributed by atoms with Gasteiger partial charge in [-0.25, -0.2) is 0 Å². The molecule has 5 N–H and O–H groups in total. The molecule has 0 aliphatic carbocycles. The highest BCUT2D eigenvalue weighted by Gasteiger charge is 2.13. The summed E-state index contributed by atoms with van der Waals surface area (Å²) in [5, 5.41) is 47.2. The van der Waals surface area contributed by atoms with Crippen molar-refractivity contribution in [3.63, 3.8) is 0 Å². The molecule has 0 amide bonds. The molecule has 7 heteroatoms. The molecule has 0 fully saturated rings. The Morgan fingerprint density at radius 2 is 0.689 bits per heavy atom. The van der Waals surface area contributed by atoms with E-state index in [-0.39, 0.29) is 0 Å². The fourth-order valence-corrected chi connectivity index (χ4v) is 4.78. The molecule has 5 atom stereocenters. The van der Waals surface area contributed by atoms with Gasteiger partial charge in [0.15, 0.2) is 0 Å². The molecule has 7 nitrogen and oxygen atoms in total. The summed E-state index contributed by atoms with van der Waals surface area (Å²) in [6.45, 7) is 6.20. The fourth-order valence-electron chi connectivity index (χ4n) is 4.78. The molecule has 0 aliphatic heterocycles. The first kappa shape index (κ1) is 44.6. The Bertz CT molecular complexity index is 806. The Hall–Kier alpha value is -2.48. The van der Waals surface area contributed by atoms with E-state index >= 15 is 0 Å². The Kier molecular flexibility index (Phi) is 32.6. The van der Waals surface area contributed by atoms with Crippen molar-refractivity contribution in [1.29, 1.82) is 0 Å². The standard InChI is InChI=1S/C20H35NO2.C18H27NO3/c1-4-7-8-9-10-11-12-13-14-15-16-21(17-19(22)5-2)18-20(23)6-3;1-4-16(20)10-7-13-19(14-8-11-17(21)5-2)15-9-12-18(22)6-3/h2-3,19-20,22-23H,4,7-18H2,1H3;1-3,16-18,20-22H,7-15H2. The number of rotatable bonds is 27. The van der Waals surface area contributed by atoms with Crippen LogP contribution in [0, 0.1) is 61.7 Å². The van der Waals surface area contributed by atoms with Crippen LogP contribution in [0.4, 0.5) is 0 Å². The molecule has 0 aromatic carbocycles. The molecule has 0 heterocycles. The molecule has 0 spiro atoms. The minimum absolute atomic E-state index is 0.368. The van der Waals surface area contributed by atoms with Gasteiger partial charge in [0.1, 0.15) is 30.5 Å². The van der Waals surface area contributed by atoms with Gasteiger partial charge in [-0.3, -0.25) is 4.90 Å². The van der Waals surface area contributed by atoms with Gasteiger partial charge in [0.25, 0.3) is 0 Å². The normalized spacial score (nSPS) is 14.0. The van der Waals surface area contributed by atoms with Crippen LogP contribution in [0.5, 0.6) is 0 Å². The fraction of sp³-hybridized carbons (Fsp3) is 0.737. The Labute approximate surface area is 276 Å². The lowest BCUT2D eigenvalue weighted by Crippen LogP contribution is -2.37. The minimum atomic E-state index is -0.803. The molecule has 45 heavy (non-hydrogen) atoms. The predicted octanol–water partition coefficient (Wildman–Crippen LogP) is 3.81. The van der Waals surface area contributed by atoms with E-state index in [4.69, 9.17) is 32.1 Å². The number of aliphatic hydroxyl groups is 5. The van der Waals surface area contributed by atoms with Gasteiger partial charge >= 0.3 is 0 Å². The zero-order chi connectivity index (χ0) is 34.1. The maximum atomic E-state index is 9.56. The van der Waals surface area contributed by atoms with Gasteiger partial charge in [0, 0.05) is 13.1 Å². The van der Waals surface area contributed by atoms with Crippen LogP contribution in [-0.2, 0) is 0 Å². The number of unbranched alkanes of at least 4 members (excludes halogenated alkanes) is 9. The quantitative estimate of drug-likeness (QED) is 0.0698. The third-order valence-corrected chi connectivity index (χ3v) is 7.51. The zero-order valence-electron chi connectivity index (χ0n) is 28.0. The van der Waals surface area contributed by atoms with E-state index in [0.29, 0.717) is 32.4 Å². The van der Waals surface area contributed by atoms with Crippen molar-refractivity contribution in [3.8, 4) is 61.7 Å². The van der Waals surface area contributed by atoms with Gasteiger partial charge in [-0.15, -0.1) is 32.1 Å². The van der Waals surface area contributed by atoms with Crippen LogP contribution in [0.3, 0.4) is 0 Å². The minimum Gasteiger partial charge on any atom is -0.380 e. The van der Waals surface area contributed by atoms with Crippen LogP contribution < -0.4 is 0 Å². The SMILES string of the molecule is C#CC(O)CCCN(CCCC(O)C#C)CCCC(O)C#C.C#CC(O)CN(CCCCCCCCCCCC)CC(O)C#C. The number of nitrogens with zero attached hydrogens (tertiary/aromatic N) is 2. The molecule has 0 radical (unpaired) electrons. The number of hydrogen-bond acceptors (Lipinski definition) is 7. The highest BCUT2D eigenvalue weighted by Crippen LogP contribution is 2.11. The van der Waals surface area contributed by atoms with Gasteiger partial charge in [0.2, 0.25) is 0 Å². The number of hydrogen-bond donors (Lipinski definition) is 5. The average molecular weight is 627 g/mol. The monoisotopic (exact) mass is 626 g/mol. The van der Waals surface area contributed by atoms with E-state index in [2.05, 4.69) is 41.4 Å². The van der Waals surface area contributed by atoms with Crippen molar-refractivity contribution in [2.45, 2.75) is 140 Å². The van der Waals surface area contributed by atoms with Crippen molar-refractivity contribution < 1.29 is 25.5 Å². The van der Waals surface area contributed by atoms with Crippen LogP contribution in [0.15, 0.2) is 0 Å². The Morgan fingerprint density at radius 3 is 1.00 bits per heavy atom. The van der Waals surface area contributed by atoms with Gasteiger partial charge in [0.05, 0.1) is 0 Å².